The predicted octanol–water partition coefficient (Wildman–Crippen LogP) is 0.582. The summed E-state index contributed by atoms with van der Waals surface area (Å²) in [6.45, 7) is 0. The molecule has 2 heterocycles. The summed E-state index contributed by atoms with van der Waals surface area (Å²) in [7, 11) is 1.64. The molecule has 0 aliphatic carbocycles. The van der Waals surface area contributed by atoms with Gasteiger partial charge in [0, 0.05) is 18.5 Å². The maximum atomic E-state index is 10.5. The highest BCUT2D eigenvalue weighted by Crippen LogP contribution is 2.26. The number of rotatable bonds is 1. The monoisotopic (exact) mass is 194 g/mol. The molecule has 0 amide bonds. The van der Waals surface area contributed by atoms with E-state index in [1.165, 1.54) is 16.9 Å². The Kier molecular flexibility index (Phi) is 1.60. The minimum atomic E-state index is -0.686. The maximum absolute atomic E-state index is 10.5. The highest BCUT2D eigenvalue weighted by Gasteiger charge is 2.17. The number of hydrogen-bond donors (Lipinski definition) is 1. The molecule has 0 saturated carbocycles. The molecule has 7 heteroatoms. The van der Waals surface area contributed by atoms with Crippen molar-refractivity contribution in [2.45, 2.75) is 0 Å². The Morgan fingerprint density at radius 1 is 1.64 bits per heavy atom. The standard InChI is InChI=1S/C7H6N4O3/c1-10-6-4(3-8-10)2-5(11(13)14)7(12)9-6/h2-3H,1H3,(H,9,12). The molecule has 0 atom stereocenters. The minimum Gasteiger partial charge on any atom is -0.488 e. The van der Waals surface area contributed by atoms with E-state index in [1.54, 1.807) is 7.05 Å². The molecule has 2 aromatic rings. The van der Waals surface area contributed by atoms with Crippen LogP contribution in [-0.2, 0) is 7.05 Å². The zero-order valence-electron chi connectivity index (χ0n) is 7.21. The number of nitro groups is 1. The molecule has 0 unspecified atom stereocenters. The van der Waals surface area contributed by atoms with E-state index in [4.69, 9.17) is 0 Å². The van der Waals surface area contributed by atoms with Gasteiger partial charge in [-0.2, -0.15) is 10.1 Å². The topological polar surface area (TPSA) is 94.1 Å². The summed E-state index contributed by atoms with van der Waals surface area (Å²) in [5.41, 5.74) is -0.00130. The Bertz CT molecular complexity index is 519. The van der Waals surface area contributed by atoms with E-state index in [0.717, 1.165) is 0 Å². The van der Waals surface area contributed by atoms with Crippen molar-refractivity contribution < 1.29 is 10.0 Å². The first-order valence-electron chi connectivity index (χ1n) is 3.75. The van der Waals surface area contributed by atoms with Gasteiger partial charge in [0.1, 0.15) is 0 Å². The molecule has 0 bridgehead atoms. The molecule has 7 nitrogen and oxygen atoms in total. The van der Waals surface area contributed by atoms with Crippen molar-refractivity contribution in [2.24, 2.45) is 7.05 Å². The fourth-order valence-electron chi connectivity index (χ4n) is 1.19. The van der Waals surface area contributed by atoms with Gasteiger partial charge in [-0.05, 0) is 0 Å². The van der Waals surface area contributed by atoms with Crippen molar-refractivity contribution in [2.75, 3.05) is 0 Å². The minimum absolute atomic E-state index is 0.410. The normalized spacial score (nSPS) is 10.6. The molecule has 0 aliphatic rings. The molecule has 0 saturated heterocycles. The first kappa shape index (κ1) is 8.42. The summed E-state index contributed by atoms with van der Waals surface area (Å²) >= 11 is 0. The van der Waals surface area contributed by atoms with Crippen LogP contribution in [0.5, 0.6) is 5.88 Å². The van der Waals surface area contributed by atoms with Crippen LogP contribution in [0.2, 0.25) is 0 Å². The van der Waals surface area contributed by atoms with Crippen LogP contribution in [0.1, 0.15) is 0 Å². The molecule has 2 rings (SSSR count). The van der Waals surface area contributed by atoms with Gasteiger partial charge in [0.2, 0.25) is 0 Å². The fraction of sp³-hybridized carbons (Fsp3) is 0.143. The Morgan fingerprint density at radius 2 is 2.36 bits per heavy atom. The van der Waals surface area contributed by atoms with E-state index in [-0.39, 0.29) is 0 Å². The van der Waals surface area contributed by atoms with Gasteiger partial charge in [0.15, 0.2) is 5.65 Å². The smallest absolute Gasteiger partial charge is 0.331 e. The van der Waals surface area contributed by atoms with Crippen molar-refractivity contribution >= 4 is 16.7 Å². The summed E-state index contributed by atoms with van der Waals surface area (Å²) in [4.78, 5) is 13.4. The van der Waals surface area contributed by atoms with Gasteiger partial charge in [-0.15, -0.1) is 0 Å². The van der Waals surface area contributed by atoms with Crippen LogP contribution in [0.3, 0.4) is 0 Å². The van der Waals surface area contributed by atoms with Crippen LogP contribution in [-0.4, -0.2) is 24.8 Å². The number of pyridine rings is 1. The van der Waals surface area contributed by atoms with Crippen LogP contribution in [0.15, 0.2) is 12.3 Å². The second-order valence-electron chi connectivity index (χ2n) is 2.77. The Morgan fingerprint density at radius 3 is 3.00 bits per heavy atom. The average molecular weight is 194 g/mol. The van der Waals surface area contributed by atoms with Crippen LogP contribution >= 0.6 is 0 Å². The quantitative estimate of drug-likeness (QED) is 0.529. The van der Waals surface area contributed by atoms with Gasteiger partial charge >= 0.3 is 5.69 Å². The lowest BCUT2D eigenvalue weighted by Gasteiger charge is -1.96. The lowest BCUT2D eigenvalue weighted by molar-refractivity contribution is -0.386. The van der Waals surface area contributed by atoms with Crippen LogP contribution in [0.4, 0.5) is 5.69 Å². The van der Waals surface area contributed by atoms with E-state index in [9.17, 15) is 15.2 Å². The van der Waals surface area contributed by atoms with Gasteiger partial charge in [0.05, 0.1) is 11.1 Å². The highest BCUT2D eigenvalue weighted by molar-refractivity contribution is 5.78. The lowest BCUT2D eigenvalue weighted by atomic mass is 10.3. The average Bonchev–Trinajstić information content (AvgIpc) is 2.46. The number of aromatic hydroxyl groups is 1. The molecule has 2 aromatic heterocycles. The third kappa shape index (κ3) is 1.06. The van der Waals surface area contributed by atoms with Gasteiger partial charge in [-0.25, -0.2) is 0 Å². The largest absolute Gasteiger partial charge is 0.488 e. The van der Waals surface area contributed by atoms with Gasteiger partial charge in [-0.3, -0.25) is 14.8 Å². The van der Waals surface area contributed by atoms with Crippen molar-refractivity contribution in [1.82, 2.24) is 14.8 Å². The fourth-order valence-corrected chi connectivity index (χ4v) is 1.19. The number of aryl methyl sites for hydroxylation is 1. The SMILES string of the molecule is Cn1ncc2cc([N+](=O)[O-])c(O)nc21. The van der Waals surface area contributed by atoms with E-state index >= 15 is 0 Å². The second-order valence-corrected chi connectivity index (χ2v) is 2.77. The van der Waals surface area contributed by atoms with Crippen LogP contribution in [0, 0.1) is 10.1 Å². The lowest BCUT2D eigenvalue weighted by Crippen LogP contribution is -1.94. The Labute approximate surface area is 77.8 Å². The maximum Gasteiger partial charge on any atom is 0.331 e. The zero-order chi connectivity index (χ0) is 10.3. The molecule has 14 heavy (non-hydrogen) atoms. The number of aromatic nitrogens is 3. The van der Waals surface area contributed by atoms with E-state index in [2.05, 4.69) is 10.1 Å². The van der Waals surface area contributed by atoms with E-state index < -0.39 is 16.5 Å². The summed E-state index contributed by atoms with van der Waals surface area (Å²) in [6.07, 6.45) is 1.45. The van der Waals surface area contributed by atoms with Crippen molar-refractivity contribution in [3.05, 3.63) is 22.4 Å². The van der Waals surface area contributed by atoms with Crippen molar-refractivity contribution in [3.63, 3.8) is 0 Å². The Hall–Kier alpha value is -2.18. The molecular formula is C7H6N4O3. The number of hydrogen-bond acceptors (Lipinski definition) is 5. The summed E-state index contributed by atoms with van der Waals surface area (Å²) in [6, 6.07) is 1.24. The number of fused-ring (bicyclic) bond motifs is 1. The van der Waals surface area contributed by atoms with Crippen LogP contribution < -0.4 is 0 Å². The third-order valence-corrected chi connectivity index (χ3v) is 1.86. The molecular weight excluding hydrogens is 188 g/mol. The highest BCUT2D eigenvalue weighted by atomic mass is 16.6. The number of nitrogens with zero attached hydrogens (tertiary/aromatic N) is 4. The van der Waals surface area contributed by atoms with Gasteiger partial charge < -0.3 is 5.11 Å². The van der Waals surface area contributed by atoms with Crippen molar-refractivity contribution in [3.8, 4) is 5.88 Å². The molecule has 0 radical (unpaired) electrons. The Balaban J connectivity index is 2.79. The molecule has 0 spiro atoms. The molecule has 0 aromatic carbocycles. The van der Waals surface area contributed by atoms with E-state index in [1.807, 2.05) is 0 Å². The molecule has 0 fully saturated rings. The van der Waals surface area contributed by atoms with Crippen LogP contribution in [0.25, 0.3) is 11.0 Å². The van der Waals surface area contributed by atoms with E-state index in [0.29, 0.717) is 11.0 Å². The summed E-state index contributed by atoms with van der Waals surface area (Å²) in [5, 5.41) is 24.1. The first-order chi connectivity index (χ1) is 6.59. The zero-order valence-corrected chi connectivity index (χ0v) is 7.21. The predicted molar refractivity (Wildman–Crippen MR) is 46.8 cm³/mol. The third-order valence-electron chi connectivity index (χ3n) is 1.86. The summed E-state index contributed by atoms with van der Waals surface area (Å²) < 4.78 is 1.43. The molecule has 1 N–H and O–H groups in total. The second kappa shape index (κ2) is 2.66. The molecule has 0 aliphatic heterocycles. The molecule has 72 valence electrons. The summed E-state index contributed by atoms with van der Waals surface area (Å²) in [5.74, 6) is -0.592. The first-order valence-corrected chi connectivity index (χ1v) is 3.75. The van der Waals surface area contributed by atoms with Gasteiger partial charge in [0.25, 0.3) is 5.88 Å². The van der Waals surface area contributed by atoms with Crippen molar-refractivity contribution in [1.29, 1.82) is 0 Å². The van der Waals surface area contributed by atoms with Gasteiger partial charge in [-0.1, -0.05) is 0 Å².